The molecular formula is C14H13Br2N. The SMILES string of the molecule is Brc1cccc(CNCc2ccccc2Br)c1. The molecule has 0 heterocycles. The molecule has 0 fully saturated rings. The largest absolute Gasteiger partial charge is 0.309 e. The van der Waals surface area contributed by atoms with Crippen LogP contribution in [-0.2, 0) is 13.1 Å². The molecule has 0 aromatic heterocycles. The maximum Gasteiger partial charge on any atom is 0.0220 e. The Bertz CT molecular complexity index is 497. The molecule has 1 nitrogen and oxygen atoms in total. The second kappa shape index (κ2) is 6.34. The number of nitrogens with one attached hydrogen (secondary N) is 1. The first kappa shape index (κ1) is 12.8. The second-order valence-corrected chi connectivity index (χ2v) is 5.59. The van der Waals surface area contributed by atoms with Gasteiger partial charge in [-0.3, -0.25) is 0 Å². The number of hydrogen-bond acceptors (Lipinski definition) is 1. The molecule has 0 unspecified atom stereocenters. The molecule has 1 N–H and O–H groups in total. The standard InChI is InChI=1S/C14H13Br2N/c15-13-6-3-4-11(8-13)9-17-10-12-5-1-2-7-14(12)16/h1-8,17H,9-10H2. The van der Waals surface area contributed by atoms with Gasteiger partial charge < -0.3 is 5.32 Å². The van der Waals surface area contributed by atoms with E-state index < -0.39 is 0 Å². The van der Waals surface area contributed by atoms with E-state index in [-0.39, 0.29) is 0 Å². The molecule has 2 aromatic carbocycles. The van der Waals surface area contributed by atoms with Crippen LogP contribution in [0.1, 0.15) is 11.1 Å². The summed E-state index contributed by atoms with van der Waals surface area (Å²) in [4.78, 5) is 0. The Morgan fingerprint density at radius 2 is 1.71 bits per heavy atom. The predicted octanol–water partition coefficient (Wildman–Crippen LogP) is 4.50. The summed E-state index contributed by atoms with van der Waals surface area (Å²) in [7, 11) is 0. The molecule has 17 heavy (non-hydrogen) atoms. The highest BCUT2D eigenvalue weighted by Crippen LogP contribution is 2.16. The summed E-state index contributed by atoms with van der Waals surface area (Å²) in [6, 6.07) is 16.6. The van der Waals surface area contributed by atoms with Gasteiger partial charge in [-0.15, -0.1) is 0 Å². The van der Waals surface area contributed by atoms with Gasteiger partial charge in [0.05, 0.1) is 0 Å². The van der Waals surface area contributed by atoms with Crippen LogP contribution >= 0.6 is 31.9 Å². The molecule has 3 heteroatoms. The highest BCUT2D eigenvalue weighted by atomic mass is 79.9. The molecule has 0 spiro atoms. The lowest BCUT2D eigenvalue weighted by atomic mass is 10.2. The van der Waals surface area contributed by atoms with E-state index in [0.717, 1.165) is 22.0 Å². The van der Waals surface area contributed by atoms with Gasteiger partial charge in [0.2, 0.25) is 0 Å². The molecule has 0 aliphatic carbocycles. The van der Waals surface area contributed by atoms with E-state index in [0.29, 0.717) is 0 Å². The molecule has 2 rings (SSSR count). The summed E-state index contributed by atoms with van der Waals surface area (Å²) in [5.41, 5.74) is 2.56. The first-order valence-electron chi connectivity index (χ1n) is 5.44. The van der Waals surface area contributed by atoms with Crippen molar-refractivity contribution in [1.82, 2.24) is 5.32 Å². The van der Waals surface area contributed by atoms with Crippen molar-refractivity contribution in [1.29, 1.82) is 0 Å². The fourth-order valence-corrected chi connectivity index (χ4v) is 2.50. The molecule has 0 amide bonds. The second-order valence-electron chi connectivity index (χ2n) is 3.82. The summed E-state index contributed by atoms with van der Waals surface area (Å²) in [6.07, 6.45) is 0. The molecule has 88 valence electrons. The molecule has 0 saturated carbocycles. The van der Waals surface area contributed by atoms with Crippen molar-refractivity contribution < 1.29 is 0 Å². The van der Waals surface area contributed by atoms with E-state index in [9.17, 15) is 0 Å². The van der Waals surface area contributed by atoms with Crippen molar-refractivity contribution in [2.45, 2.75) is 13.1 Å². The molecular weight excluding hydrogens is 342 g/mol. The minimum Gasteiger partial charge on any atom is -0.309 e. The highest BCUT2D eigenvalue weighted by molar-refractivity contribution is 9.10. The Kier molecular flexibility index (Phi) is 4.77. The zero-order valence-electron chi connectivity index (χ0n) is 9.29. The topological polar surface area (TPSA) is 12.0 Å². The van der Waals surface area contributed by atoms with Crippen LogP contribution in [-0.4, -0.2) is 0 Å². The van der Waals surface area contributed by atoms with Crippen molar-refractivity contribution in [3.05, 3.63) is 68.6 Å². The van der Waals surface area contributed by atoms with Crippen molar-refractivity contribution in [2.75, 3.05) is 0 Å². The fourth-order valence-electron chi connectivity index (χ4n) is 1.63. The maximum absolute atomic E-state index is 3.55. The van der Waals surface area contributed by atoms with Crippen LogP contribution in [0.2, 0.25) is 0 Å². The van der Waals surface area contributed by atoms with Gasteiger partial charge in [0.25, 0.3) is 0 Å². The summed E-state index contributed by atoms with van der Waals surface area (Å²) < 4.78 is 2.28. The minimum atomic E-state index is 0.869. The highest BCUT2D eigenvalue weighted by Gasteiger charge is 1.98. The molecule has 0 bridgehead atoms. The normalized spacial score (nSPS) is 10.5. The minimum absolute atomic E-state index is 0.869. The van der Waals surface area contributed by atoms with Crippen LogP contribution < -0.4 is 5.32 Å². The van der Waals surface area contributed by atoms with E-state index in [4.69, 9.17) is 0 Å². The summed E-state index contributed by atoms with van der Waals surface area (Å²) in [6.45, 7) is 1.74. The van der Waals surface area contributed by atoms with Gasteiger partial charge in [-0.2, -0.15) is 0 Å². The average Bonchev–Trinajstić information content (AvgIpc) is 2.32. The van der Waals surface area contributed by atoms with Crippen LogP contribution in [0.4, 0.5) is 0 Å². The molecule has 0 atom stereocenters. The summed E-state index contributed by atoms with van der Waals surface area (Å²) >= 11 is 7.02. The zero-order valence-corrected chi connectivity index (χ0v) is 12.5. The lowest BCUT2D eigenvalue weighted by Crippen LogP contribution is -2.12. The van der Waals surface area contributed by atoms with Crippen molar-refractivity contribution in [3.63, 3.8) is 0 Å². The third-order valence-corrected chi connectivity index (χ3v) is 3.76. The van der Waals surface area contributed by atoms with Gasteiger partial charge in [-0.1, -0.05) is 62.2 Å². The van der Waals surface area contributed by atoms with Crippen molar-refractivity contribution in [2.24, 2.45) is 0 Å². The van der Waals surface area contributed by atoms with Crippen molar-refractivity contribution >= 4 is 31.9 Å². The lowest BCUT2D eigenvalue weighted by Gasteiger charge is -2.07. The third-order valence-electron chi connectivity index (χ3n) is 2.49. The van der Waals surface area contributed by atoms with Gasteiger partial charge in [0, 0.05) is 22.0 Å². The Labute approximate surface area is 119 Å². The van der Waals surface area contributed by atoms with Crippen LogP contribution in [0.25, 0.3) is 0 Å². The Morgan fingerprint density at radius 1 is 0.882 bits per heavy atom. The predicted molar refractivity (Wildman–Crippen MR) is 78.8 cm³/mol. The first-order chi connectivity index (χ1) is 8.25. The summed E-state index contributed by atoms with van der Waals surface area (Å²) in [5.74, 6) is 0. The number of benzene rings is 2. The van der Waals surface area contributed by atoms with Gasteiger partial charge in [0.1, 0.15) is 0 Å². The average molecular weight is 355 g/mol. The number of rotatable bonds is 4. The van der Waals surface area contributed by atoms with Gasteiger partial charge in [0.15, 0.2) is 0 Å². The monoisotopic (exact) mass is 353 g/mol. The van der Waals surface area contributed by atoms with Crippen LogP contribution in [0.15, 0.2) is 57.5 Å². The molecule has 0 aliphatic heterocycles. The van der Waals surface area contributed by atoms with Crippen LogP contribution in [0.5, 0.6) is 0 Å². The van der Waals surface area contributed by atoms with Crippen molar-refractivity contribution in [3.8, 4) is 0 Å². The van der Waals surface area contributed by atoms with Crippen LogP contribution in [0, 0.1) is 0 Å². The van der Waals surface area contributed by atoms with E-state index in [2.05, 4.69) is 73.6 Å². The maximum atomic E-state index is 3.55. The van der Waals surface area contributed by atoms with E-state index >= 15 is 0 Å². The molecule has 2 aromatic rings. The Morgan fingerprint density at radius 3 is 2.47 bits per heavy atom. The lowest BCUT2D eigenvalue weighted by molar-refractivity contribution is 0.691. The Hall–Kier alpha value is -0.640. The van der Waals surface area contributed by atoms with Crippen LogP contribution in [0.3, 0.4) is 0 Å². The third kappa shape index (κ3) is 3.95. The fraction of sp³-hybridized carbons (Fsp3) is 0.143. The quantitative estimate of drug-likeness (QED) is 0.852. The first-order valence-corrected chi connectivity index (χ1v) is 7.03. The number of hydrogen-bond donors (Lipinski definition) is 1. The number of halogens is 2. The smallest absolute Gasteiger partial charge is 0.0220 e. The Balaban J connectivity index is 1.90. The molecule has 0 saturated heterocycles. The van der Waals surface area contributed by atoms with E-state index in [1.807, 2.05) is 12.1 Å². The molecule has 0 aliphatic rings. The van der Waals surface area contributed by atoms with Gasteiger partial charge >= 0.3 is 0 Å². The molecule has 0 radical (unpaired) electrons. The van der Waals surface area contributed by atoms with Gasteiger partial charge in [-0.05, 0) is 29.3 Å². The van der Waals surface area contributed by atoms with E-state index in [1.54, 1.807) is 0 Å². The zero-order chi connectivity index (χ0) is 12.1. The van der Waals surface area contributed by atoms with Gasteiger partial charge in [-0.25, -0.2) is 0 Å². The summed E-state index contributed by atoms with van der Waals surface area (Å²) in [5, 5.41) is 3.44. The van der Waals surface area contributed by atoms with E-state index in [1.165, 1.54) is 11.1 Å².